The summed E-state index contributed by atoms with van der Waals surface area (Å²) in [5.41, 5.74) is 1.65. The van der Waals surface area contributed by atoms with Gasteiger partial charge in [0.2, 0.25) is 0 Å². The van der Waals surface area contributed by atoms with E-state index >= 15 is 0 Å². The molecule has 3 aromatic carbocycles. The fourth-order valence-corrected chi connectivity index (χ4v) is 6.48. The smallest absolute Gasteiger partial charge is 0.330 e. The largest absolute Gasteiger partial charge is 0.414 e. The van der Waals surface area contributed by atoms with Gasteiger partial charge in [0, 0.05) is 24.7 Å². The molecule has 0 aliphatic carbocycles. The van der Waals surface area contributed by atoms with Crippen molar-refractivity contribution in [2.45, 2.75) is 69.2 Å². The average molecular weight is 584 g/mol. The zero-order valence-corrected chi connectivity index (χ0v) is 26.0. The van der Waals surface area contributed by atoms with E-state index in [4.69, 9.17) is 9.16 Å². The number of aromatic nitrogens is 2. The second kappa shape index (κ2) is 12.0. The summed E-state index contributed by atoms with van der Waals surface area (Å²) in [5, 5.41) is 4.09. The summed E-state index contributed by atoms with van der Waals surface area (Å²) in [7, 11) is -2.10. The Kier molecular flexibility index (Phi) is 8.53. The topological polar surface area (TPSA) is 85.3 Å². The lowest BCUT2D eigenvalue weighted by molar-refractivity contribution is -0.0275. The van der Waals surface area contributed by atoms with E-state index in [0.717, 1.165) is 16.7 Å². The van der Waals surface area contributed by atoms with E-state index in [1.807, 2.05) is 18.2 Å². The van der Waals surface area contributed by atoms with Crippen molar-refractivity contribution in [1.29, 1.82) is 0 Å². The van der Waals surface area contributed by atoms with Gasteiger partial charge in [-0.2, -0.15) is 0 Å². The Labute approximate surface area is 248 Å². The summed E-state index contributed by atoms with van der Waals surface area (Å²) in [6, 6.07) is 32.5. The lowest BCUT2D eigenvalue weighted by atomic mass is 9.76. The minimum absolute atomic E-state index is 0.0334. The van der Waals surface area contributed by atoms with Gasteiger partial charge >= 0.3 is 5.69 Å². The molecule has 0 spiro atoms. The molecule has 1 saturated heterocycles. The van der Waals surface area contributed by atoms with Crippen LogP contribution >= 0.6 is 0 Å². The van der Waals surface area contributed by atoms with Crippen LogP contribution in [-0.2, 0) is 14.7 Å². The van der Waals surface area contributed by atoms with Gasteiger partial charge in [-0.1, -0.05) is 112 Å². The molecule has 1 aromatic heterocycles. The monoisotopic (exact) mass is 583 g/mol. The van der Waals surface area contributed by atoms with E-state index < -0.39 is 31.3 Å². The van der Waals surface area contributed by atoms with Gasteiger partial charge in [-0.15, -0.1) is 0 Å². The molecule has 0 saturated carbocycles. The third-order valence-electron chi connectivity index (χ3n) is 8.83. The number of ether oxygens (including phenoxy) is 1. The Morgan fingerprint density at radius 2 is 1.36 bits per heavy atom. The summed E-state index contributed by atoms with van der Waals surface area (Å²) >= 11 is 0. The highest BCUT2D eigenvalue weighted by atomic mass is 28.4. The second-order valence-electron chi connectivity index (χ2n) is 12.6. The second-order valence-corrected chi connectivity index (χ2v) is 17.4. The summed E-state index contributed by atoms with van der Waals surface area (Å²) in [6.45, 7) is 11.5. The molecule has 0 amide bonds. The van der Waals surface area contributed by atoms with E-state index in [0.29, 0.717) is 13.0 Å². The molecule has 0 bridgehead atoms. The van der Waals surface area contributed by atoms with Crippen LogP contribution in [-0.4, -0.2) is 36.6 Å². The van der Waals surface area contributed by atoms with Crippen molar-refractivity contribution in [2.75, 3.05) is 6.61 Å². The molecule has 8 heteroatoms. The molecule has 3 atom stereocenters. The standard InChI is InChI=1S/C34H41N3O4Si/c1-33(2,3)42(4,5)40-24-29-28(23-31(41-29)37-22-21-30(38)35-32(37)39)36-34(25-15-9-6-10-16-25,26-17-11-7-12-18-26)27-19-13-8-14-20-27/h6-22,28-29,31,36H,23-24H2,1-5H3,(H,35,38,39)/t28-,29+,31+/m0/s1. The third-order valence-corrected chi connectivity index (χ3v) is 13.3. The average Bonchev–Trinajstić information content (AvgIpc) is 3.37. The Morgan fingerprint density at radius 3 is 1.81 bits per heavy atom. The molecule has 7 nitrogen and oxygen atoms in total. The van der Waals surface area contributed by atoms with Crippen LogP contribution in [0.25, 0.3) is 0 Å². The summed E-state index contributed by atoms with van der Waals surface area (Å²) in [5.74, 6) is 0. The van der Waals surface area contributed by atoms with E-state index in [2.05, 4.69) is 117 Å². The van der Waals surface area contributed by atoms with Crippen LogP contribution in [0.2, 0.25) is 18.1 Å². The first-order chi connectivity index (χ1) is 20.0. The Hall–Kier alpha value is -3.56. The van der Waals surface area contributed by atoms with Gasteiger partial charge in [-0.25, -0.2) is 4.79 Å². The van der Waals surface area contributed by atoms with E-state index in [-0.39, 0.29) is 17.2 Å². The number of benzene rings is 3. The number of nitrogens with one attached hydrogen (secondary N) is 2. The number of hydrogen-bond acceptors (Lipinski definition) is 5. The van der Waals surface area contributed by atoms with Crippen LogP contribution in [0.15, 0.2) is 113 Å². The van der Waals surface area contributed by atoms with Crippen LogP contribution in [0.1, 0.15) is 50.1 Å². The van der Waals surface area contributed by atoms with Gasteiger partial charge in [0.25, 0.3) is 5.56 Å². The highest BCUT2D eigenvalue weighted by molar-refractivity contribution is 6.74. The van der Waals surface area contributed by atoms with Crippen LogP contribution in [0, 0.1) is 0 Å². The zero-order valence-electron chi connectivity index (χ0n) is 25.0. The summed E-state index contributed by atoms with van der Waals surface area (Å²) < 4.78 is 14.8. The summed E-state index contributed by atoms with van der Waals surface area (Å²) in [6.07, 6.45) is 1.10. The molecule has 5 rings (SSSR count). The van der Waals surface area contributed by atoms with Crippen molar-refractivity contribution in [1.82, 2.24) is 14.9 Å². The maximum atomic E-state index is 12.8. The highest BCUT2D eigenvalue weighted by Gasteiger charge is 2.46. The number of aromatic amines is 1. The molecule has 4 aromatic rings. The fraction of sp³-hybridized carbons (Fsp3) is 0.353. The van der Waals surface area contributed by atoms with Crippen molar-refractivity contribution < 1.29 is 9.16 Å². The first kappa shape index (κ1) is 29.9. The maximum Gasteiger partial charge on any atom is 0.330 e. The number of H-pyrrole nitrogens is 1. The lowest BCUT2D eigenvalue weighted by Gasteiger charge is -2.41. The zero-order chi connectivity index (χ0) is 30.0. The molecule has 1 aliphatic rings. The minimum atomic E-state index is -2.10. The van der Waals surface area contributed by atoms with Gasteiger partial charge in [-0.05, 0) is 34.8 Å². The molecule has 1 fully saturated rings. The SMILES string of the molecule is CC(C)(C)[Si](C)(C)OC[C@H]1O[C@@H](n2ccc(=O)[nH]c2=O)C[C@@H]1NC(c1ccccc1)(c1ccccc1)c1ccccc1. The van der Waals surface area contributed by atoms with Crippen molar-refractivity contribution in [3.63, 3.8) is 0 Å². The Bertz CT molecular complexity index is 1480. The minimum Gasteiger partial charge on any atom is -0.414 e. The quantitative estimate of drug-likeness (QED) is 0.192. The molecular formula is C34H41N3O4Si. The van der Waals surface area contributed by atoms with Crippen molar-refractivity contribution >= 4 is 8.32 Å². The molecule has 2 heterocycles. The molecule has 0 unspecified atom stereocenters. The number of hydrogen-bond donors (Lipinski definition) is 2. The molecule has 1 aliphatic heterocycles. The van der Waals surface area contributed by atoms with Gasteiger partial charge in [0.1, 0.15) is 6.23 Å². The van der Waals surface area contributed by atoms with Crippen LogP contribution in [0.5, 0.6) is 0 Å². The van der Waals surface area contributed by atoms with E-state index in [1.165, 1.54) is 16.8 Å². The maximum absolute atomic E-state index is 12.8. The van der Waals surface area contributed by atoms with Crippen LogP contribution < -0.4 is 16.6 Å². The molecule has 2 N–H and O–H groups in total. The third kappa shape index (κ3) is 5.98. The normalized spacial score (nSPS) is 19.6. The molecule has 220 valence electrons. The Balaban J connectivity index is 1.61. The van der Waals surface area contributed by atoms with Crippen molar-refractivity contribution in [2.24, 2.45) is 0 Å². The van der Waals surface area contributed by atoms with E-state index in [1.54, 1.807) is 0 Å². The van der Waals surface area contributed by atoms with Crippen molar-refractivity contribution in [3.05, 3.63) is 141 Å². The predicted octanol–water partition coefficient (Wildman–Crippen LogP) is 5.80. The number of rotatable bonds is 9. The van der Waals surface area contributed by atoms with Crippen molar-refractivity contribution in [3.8, 4) is 0 Å². The van der Waals surface area contributed by atoms with Gasteiger partial charge in [0.15, 0.2) is 8.32 Å². The predicted molar refractivity (Wildman–Crippen MR) is 169 cm³/mol. The van der Waals surface area contributed by atoms with Gasteiger partial charge in [-0.3, -0.25) is 19.7 Å². The first-order valence-electron chi connectivity index (χ1n) is 14.6. The molecular weight excluding hydrogens is 542 g/mol. The van der Waals surface area contributed by atoms with Gasteiger partial charge < -0.3 is 9.16 Å². The number of nitrogens with zero attached hydrogens (tertiary/aromatic N) is 1. The molecule has 0 radical (unpaired) electrons. The lowest BCUT2D eigenvalue weighted by Crippen LogP contribution is -2.54. The molecule has 42 heavy (non-hydrogen) atoms. The van der Waals surface area contributed by atoms with Crippen LogP contribution in [0.3, 0.4) is 0 Å². The highest BCUT2D eigenvalue weighted by Crippen LogP contribution is 2.41. The van der Waals surface area contributed by atoms with Crippen LogP contribution in [0.4, 0.5) is 0 Å². The van der Waals surface area contributed by atoms with Gasteiger partial charge in [0.05, 0.1) is 18.2 Å². The first-order valence-corrected chi connectivity index (χ1v) is 17.5. The Morgan fingerprint density at radius 1 is 0.857 bits per heavy atom. The fourth-order valence-electron chi connectivity index (χ4n) is 5.46. The van der Waals surface area contributed by atoms with E-state index in [9.17, 15) is 9.59 Å². The summed E-state index contributed by atoms with van der Waals surface area (Å²) in [4.78, 5) is 27.0.